The van der Waals surface area contributed by atoms with Gasteiger partial charge in [0.15, 0.2) is 0 Å². The van der Waals surface area contributed by atoms with Crippen LogP contribution in [0.3, 0.4) is 0 Å². The van der Waals surface area contributed by atoms with Gasteiger partial charge in [0.2, 0.25) is 0 Å². The number of methoxy groups -OCH3 is 1. The molecule has 0 aliphatic heterocycles. The van der Waals surface area contributed by atoms with E-state index in [9.17, 15) is 0 Å². The molecule has 0 aliphatic rings. The van der Waals surface area contributed by atoms with E-state index >= 15 is 0 Å². The highest BCUT2D eigenvalue weighted by Gasteiger charge is 1.99. The largest absolute Gasteiger partial charge is 0.383 e. The van der Waals surface area contributed by atoms with Gasteiger partial charge < -0.3 is 9.64 Å². The molecule has 3 heteroatoms. The van der Waals surface area contributed by atoms with Crippen LogP contribution in [0.1, 0.15) is 19.8 Å². The van der Waals surface area contributed by atoms with Crippen LogP contribution in [0.25, 0.3) is 0 Å². The first-order valence-corrected chi connectivity index (χ1v) is 5.30. The molecule has 0 unspecified atom stereocenters. The lowest BCUT2D eigenvalue weighted by atomic mass is 10.3. The summed E-state index contributed by atoms with van der Waals surface area (Å²) < 4.78 is 5.02. The molecule has 74 valence electrons. The Morgan fingerprint density at radius 2 is 2.00 bits per heavy atom. The molecule has 0 atom stereocenters. The van der Waals surface area contributed by atoms with Crippen molar-refractivity contribution < 1.29 is 4.74 Å². The second kappa shape index (κ2) is 9.36. The molecule has 0 amide bonds. The van der Waals surface area contributed by atoms with Gasteiger partial charge in [0, 0.05) is 13.7 Å². The molecule has 0 aromatic rings. The monoisotopic (exact) mass is 191 g/mol. The third-order valence-electron chi connectivity index (χ3n) is 1.94. The first-order valence-electron chi connectivity index (χ1n) is 4.67. The molecule has 0 aliphatic carbocycles. The standard InChI is InChI=1S/C9H21NOS/c1-3-10(7-8-11-2)6-4-5-9-12/h12H,3-9H2,1-2H3. The highest BCUT2D eigenvalue weighted by atomic mass is 32.1. The van der Waals surface area contributed by atoms with Crippen LogP contribution in [0.4, 0.5) is 0 Å². The van der Waals surface area contributed by atoms with Gasteiger partial charge in [0.1, 0.15) is 0 Å². The average Bonchev–Trinajstić information content (AvgIpc) is 2.11. The zero-order chi connectivity index (χ0) is 9.23. The second-order valence-corrected chi connectivity index (χ2v) is 3.30. The Kier molecular flexibility index (Phi) is 9.57. The van der Waals surface area contributed by atoms with Crippen LogP contribution in [0.2, 0.25) is 0 Å². The summed E-state index contributed by atoms with van der Waals surface area (Å²) in [4.78, 5) is 2.41. The minimum Gasteiger partial charge on any atom is -0.383 e. The van der Waals surface area contributed by atoms with Crippen LogP contribution in [0, 0.1) is 0 Å². The van der Waals surface area contributed by atoms with Crippen LogP contribution < -0.4 is 0 Å². The molecule has 0 fully saturated rings. The molecule has 0 radical (unpaired) electrons. The summed E-state index contributed by atoms with van der Waals surface area (Å²) in [5.74, 6) is 1.00. The lowest BCUT2D eigenvalue weighted by molar-refractivity contribution is 0.150. The van der Waals surface area contributed by atoms with Crippen LogP contribution in [-0.4, -0.2) is 44.0 Å². The molecule has 0 rings (SSSR count). The first kappa shape index (κ1) is 12.3. The molecule has 0 saturated carbocycles. The van der Waals surface area contributed by atoms with Crippen LogP contribution in [-0.2, 0) is 4.74 Å². The maximum absolute atomic E-state index is 5.02. The van der Waals surface area contributed by atoms with Gasteiger partial charge in [0.05, 0.1) is 6.61 Å². The Bertz CT molecular complexity index is 90.6. The number of hydrogen-bond donors (Lipinski definition) is 1. The van der Waals surface area contributed by atoms with Gasteiger partial charge in [-0.3, -0.25) is 0 Å². The van der Waals surface area contributed by atoms with Gasteiger partial charge in [-0.25, -0.2) is 0 Å². The molecule has 0 heterocycles. The summed E-state index contributed by atoms with van der Waals surface area (Å²) in [7, 11) is 1.75. The van der Waals surface area contributed by atoms with Crippen molar-refractivity contribution >= 4 is 12.6 Å². The van der Waals surface area contributed by atoms with Gasteiger partial charge in [-0.15, -0.1) is 0 Å². The fraction of sp³-hybridized carbons (Fsp3) is 1.00. The summed E-state index contributed by atoms with van der Waals surface area (Å²) in [6.45, 7) is 6.39. The quantitative estimate of drug-likeness (QED) is 0.463. The zero-order valence-electron chi connectivity index (χ0n) is 8.25. The molecular weight excluding hydrogens is 170 g/mol. The van der Waals surface area contributed by atoms with Crippen molar-refractivity contribution in [3.63, 3.8) is 0 Å². The van der Waals surface area contributed by atoms with Crippen molar-refractivity contribution in [3.8, 4) is 0 Å². The Morgan fingerprint density at radius 1 is 1.25 bits per heavy atom. The predicted octanol–water partition coefficient (Wildman–Crippen LogP) is 1.66. The number of unbranched alkanes of at least 4 members (excludes halogenated alkanes) is 1. The molecule has 2 nitrogen and oxygen atoms in total. The van der Waals surface area contributed by atoms with E-state index in [2.05, 4.69) is 24.5 Å². The highest BCUT2D eigenvalue weighted by molar-refractivity contribution is 7.80. The number of thiol groups is 1. The Balaban J connectivity index is 3.26. The lowest BCUT2D eigenvalue weighted by Gasteiger charge is -2.19. The molecule has 0 spiro atoms. The van der Waals surface area contributed by atoms with Crippen molar-refractivity contribution in [3.05, 3.63) is 0 Å². The van der Waals surface area contributed by atoms with E-state index in [1.54, 1.807) is 7.11 Å². The van der Waals surface area contributed by atoms with E-state index < -0.39 is 0 Å². The number of likely N-dealkylation sites (N-methyl/N-ethyl adjacent to an activating group) is 1. The summed E-state index contributed by atoms with van der Waals surface area (Å²) in [5.41, 5.74) is 0. The van der Waals surface area contributed by atoms with Crippen molar-refractivity contribution in [2.24, 2.45) is 0 Å². The van der Waals surface area contributed by atoms with Crippen LogP contribution in [0.15, 0.2) is 0 Å². The van der Waals surface area contributed by atoms with Crippen molar-refractivity contribution in [2.75, 3.05) is 39.1 Å². The van der Waals surface area contributed by atoms with Crippen LogP contribution >= 0.6 is 12.6 Å². The normalized spacial score (nSPS) is 11.0. The fourth-order valence-corrected chi connectivity index (χ4v) is 1.32. The van der Waals surface area contributed by atoms with E-state index in [4.69, 9.17) is 4.74 Å². The lowest BCUT2D eigenvalue weighted by Crippen LogP contribution is -2.28. The van der Waals surface area contributed by atoms with Crippen molar-refractivity contribution in [1.29, 1.82) is 0 Å². The van der Waals surface area contributed by atoms with Crippen molar-refractivity contribution in [1.82, 2.24) is 4.90 Å². The van der Waals surface area contributed by atoms with E-state index in [0.29, 0.717) is 0 Å². The topological polar surface area (TPSA) is 12.5 Å². The Hall–Kier alpha value is 0.270. The van der Waals surface area contributed by atoms with E-state index in [1.165, 1.54) is 19.4 Å². The van der Waals surface area contributed by atoms with Gasteiger partial charge in [-0.1, -0.05) is 6.92 Å². The molecule has 0 saturated heterocycles. The van der Waals surface area contributed by atoms with E-state index in [-0.39, 0.29) is 0 Å². The number of nitrogens with zero attached hydrogens (tertiary/aromatic N) is 1. The maximum atomic E-state index is 5.02. The molecular formula is C9H21NOS. The SMILES string of the molecule is CCN(CCCCS)CCOC. The summed E-state index contributed by atoms with van der Waals surface area (Å²) >= 11 is 4.18. The van der Waals surface area contributed by atoms with Gasteiger partial charge in [-0.2, -0.15) is 12.6 Å². The summed E-state index contributed by atoms with van der Waals surface area (Å²) in [6, 6.07) is 0. The Morgan fingerprint density at radius 3 is 2.50 bits per heavy atom. The average molecular weight is 191 g/mol. The fourth-order valence-electron chi connectivity index (χ4n) is 1.10. The van der Waals surface area contributed by atoms with Crippen LogP contribution in [0.5, 0.6) is 0 Å². The van der Waals surface area contributed by atoms with Gasteiger partial charge in [0.25, 0.3) is 0 Å². The summed E-state index contributed by atoms with van der Waals surface area (Å²) in [5, 5.41) is 0. The third kappa shape index (κ3) is 6.95. The third-order valence-corrected chi connectivity index (χ3v) is 2.26. The molecule has 0 bridgehead atoms. The summed E-state index contributed by atoms with van der Waals surface area (Å²) in [6.07, 6.45) is 2.47. The molecule has 0 aromatic carbocycles. The van der Waals surface area contributed by atoms with Gasteiger partial charge >= 0.3 is 0 Å². The minimum atomic E-state index is 0.842. The van der Waals surface area contributed by atoms with Gasteiger partial charge in [-0.05, 0) is 31.7 Å². The number of ether oxygens (including phenoxy) is 1. The predicted molar refractivity (Wildman–Crippen MR) is 57.1 cm³/mol. The zero-order valence-corrected chi connectivity index (χ0v) is 9.15. The maximum Gasteiger partial charge on any atom is 0.0589 e. The van der Waals surface area contributed by atoms with Crippen molar-refractivity contribution in [2.45, 2.75) is 19.8 Å². The number of rotatable bonds is 8. The smallest absolute Gasteiger partial charge is 0.0589 e. The molecule has 0 aromatic heterocycles. The number of hydrogen-bond acceptors (Lipinski definition) is 3. The second-order valence-electron chi connectivity index (χ2n) is 2.86. The molecule has 0 N–H and O–H groups in total. The first-order chi connectivity index (χ1) is 5.85. The molecule has 12 heavy (non-hydrogen) atoms. The Labute approximate surface area is 81.7 Å². The highest BCUT2D eigenvalue weighted by Crippen LogP contribution is 1.96. The van der Waals surface area contributed by atoms with E-state index in [0.717, 1.165) is 25.4 Å². The minimum absolute atomic E-state index is 0.842. The van der Waals surface area contributed by atoms with E-state index in [1.807, 2.05) is 0 Å².